The van der Waals surface area contributed by atoms with Gasteiger partial charge in [-0.1, -0.05) is 18.2 Å². The van der Waals surface area contributed by atoms with Crippen molar-refractivity contribution < 1.29 is 17.9 Å². The van der Waals surface area contributed by atoms with Crippen molar-refractivity contribution in [1.29, 1.82) is 0 Å². The number of hydrogen-bond acceptors (Lipinski definition) is 5. The average molecular weight is 380 g/mol. The molecule has 5 nitrogen and oxygen atoms in total. The summed E-state index contributed by atoms with van der Waals surface area (Å²) in [6.45, 7) is 0.465. The molecule has 1 fully saturated rings. The second-order valence-electron chi connectivity index (χ2n) is 6.18. The van der Waals surface area contributed by atoms with E-state index in [1.54, 1.807) is 23.3 Å². The van der Waals surface area contributed by atoms with E-state index in [2.05, 4.69) is 0 Å². The number of sulfone groups is 1. The first-order valence-corrected chi connectivity index (χ1v) is 10.8. The first-order chi connectivity index (χ1) is 12.0. The summed E-state index contributed by atoms with van der Waals surface area (Å²) in [4.78, 5) is 15.7. The van der Waals surface area contributed by atoms with Crippen LogP contribution in [0.5, 0.6) is 5.75 Å². The third-order valence-electron chi connectivity index (χ3n) is 4.39. The summed E-state index contributed by atoms with van der Waals surface area (Å²) in [5.41, 5.74) is 0.892. The summed E-state index contributed by atoms with van der Waals surface area (Å²) in [5.74, 6) is 0.926. The van der Waals surface area contributed by atoms with Crippen molar-refractivity contribution in [1.82, 2.24) is 4.90 Å². The van der Waals surface area contributed by atoms with E-state index >= 15 is 0 Å². The zero-order valence-electron chi connectivity index (χ0n) is 14.1. The van der Waals surface area contributed by atoms with Gasteiger partial charge in [0.05, 0.1) is 31.6 Å². The monoisotopic (exact) mass is 379 g/mol. The van der Waals surface area contributed by atoms with Gasteiger partial charge >= 0.3 is 0 Å². The van der Waals surface area contributed by atoms with Gasteiger partial charge in [0.2, 0.25) is 5.91 Å². The van der Waals surface area contributed by atoms with Crippen molar-refractivity contribution in [2.24, 2.45) is 0 Å². The molecule has 7 heteroatoms. The van der Waals surface area contributed by atoms with Crippen molar-refractivity contribution in [3.8, 4) is 5.75 Å². The first kappa shape index (κ1) is 17.9. The van der Waals surface area contributed by atoms with Crippen LogP contribution in [0.4, 0.5) is 0 Å². The van der Waals surface area contributed by atoms with Gasteiger partial charge in [-0.3, -0.25) is 4.79 Å². The lowest BCUT2D eigenvalue weighted by Gasteiger charge is -2.28. The second kappa shape index (κ2) is 7.58. The Hall–Kier alpha value is -1.86. The Kier molecular flexibility index (Phi) is 5.44. The molecule has 0 radical (unpaired) electrons. The van der Waals surface area contributed by atoms with E-state index in [9.17, 15) is 13.2 Å². The lowest BCUT2D eigenvalue weighted by molar-refractivity contribution is -0.133. The molecule has 0 saturated carbocycles. The number of ether oxygens (including phenoxy) is 1. The number of carbonyl (C=O) groups is 1. The highest BCUT2D eigenvalue weighted by atomic mass is 32.2. The molecule has 0 N–H and O–H groups in total. The van der Waals surface area contributed by atoms with Crippen LogP contribution in [0, 0.1) is 0 Å². The number of benzene rings is 1. The summed E-state index contributed by atoms with van der Waals surface area (Å²) in [6, 6.07) is 11.1. The molecule has 0 bridgehead atoms. The standard InChI is InChI=1S/C18H21NO4S2/c1-23-16-6-4-14(5-7-16)11-18(20)19(12-17-3-2-9-24-17)15-8-10-25(21,22)13-15/h2-7,9,15H,8,10-13H2,1H3. The number of thiophene rings is 1. The van der Waals surface area contributed by atoms with E-state index in [1.165, 1.54) is 0 Å². The predicted molar refractivity (Wildman–Crippen MR) is 98.6 cm³/mol. The van der Waals surface area contributed by atoms with E-state index < -0.39 is 9.84 Å². The first-order valence-electron chi connectivity index (χ1n) is 8.12. The predicted octanol–water partition coefficient (Wildman–Crippen LogP) is 2.52. The van der Waals surface area contributed by atoms with Gasteiger partial charge in [0.25, 0.3) is 0 Å². The number of rotatable bonds is 6. The average Bonchev–Trinajstić information content (AvgIpc) is 3.22. The molecule has 1 unspecified atom stereocenters. The molecule has 0 aliphatic carbocycles. The summed E-state index contributed by atoms with van der Waals surface area (Å²) in [5, 5.41) is 1.97. The fourth-order valence-electron chi connectivity index (χ4n) is 3.03. The fourth-order valence-corrected chi connectivity index (χ4v) is 5.47. The van der Waals surface area contributed by atoms with Crippen LogP contribution < -0.4 is 4.74 Å². The highest BCUT2D eigenvalue weighted by Crippen LogP contribution is 2.23. The van der Waals surface area contributed by atoms with Gasteiger partial charge in [-0.05, 0) is 35.6 Å². The SMILES string of the molecule is COc1ccc(CC(=O)N(Cc2cccs2)C2CCS(=O)(=O)C2)cc1. The molecule has 2 heterocycles. The van der Waals surface area contributed by atoms with Crippen LogP contribution in [-0.2, 0) is 27.6 Å². The van der Waals surface area contributed by atoms with Gasteiger partial charge in [0.15, 0.2) is 9.84 Å². The molecular weight excluding hydrogens is 358 g/mol. The van der Waals surface area contributed by atoms with Gasteiger partial charge in [-0.15, -0.1) is 11.3 Å². The van der Waals surface area contributed by atoms with E-state index in [0.717, 1.165) is 16.2 Å². The van der Waals surface area contributed by atoms with Crippen molar-refractivity contribution in [2.75, 3.05) is 18.6 Å². The number of methoxy groups -OCH3 is 1. The molecule has 1 aliphatic rings. The molecule has 25 heavy (non-hydrogen) atoms. The molecule has 2 aromatic rings. The van der Waals surface area contributed by atoms with Crippen LogP contribution in [0.15, 0.2) is 41.8 Å². The summed E-state index contributed by atoms with van der Waals surface area (Å²) in [7, 11) is -1.44. The van der Waals surface area contributed by atoms with Gasteiger partial charge < -0.3 is 9.64 Å². The van der Waals surface area contributed by atoms with Gasteiger partial charge in [0.1, 0.15) is 5.75 Å². The smallest absolute Gasteiger partial charge is 0.227 e. The second-order valence-corrected chi connectivity index (χ2v) is 9.44. The molecule has 1 aromatic carbocycles. The molecule has 134 valence electrons. The van der Waals surface area contributed by atoms with Gasteiger partial charge in [-0.25, -0.2) is 8.42 Å². The Balaban J connectivity index is 1.76. The zero-order chi connectivity index (χ0) is 17.9. The number of nitrogens with zero attached hydrogens (tertiary/aromatic N) is 1. The molecule has 1 aliphatic heterocycles. The lowest BCUT2D eigenvalue weighted by Crippen LogP contribution is -2.41. The highest BCUT2D eigenvalue weighted by Gasteiger charge is 2.34. The van der Waals surface area contributed by atoms with Crippen molar-refractivity contribution >= 4 is 27.1 Å². The summed E-state index contributed by atoms with van der Waals surface area (Å²) < 4.78 is 28.8. The third-order valence-corrected chi connectivity index (χ3v) is 7.00. The number of amides is 1. The minimum absolute atomic E-state index is 0.0410. The number of hydrogen-bond donors (Lipinski definition) is 0. The van der Waals surface area contributed by atoms with E-state index in [4.69, 9.17) is 4.74 Å². The fraction of sp³-hybridized carbons (Fsp3) is 0.389. The van der Waals surface area contributed by atoms with Gasteiger partial charge in [-0.2, -0.15) is 0 Å². The lowest BCUT2D eigenvalue weighted by atomic mass is 10.1. The maximum atomic E-state index is 12.9. The van der Waals surface area contributed by atoms with E-state index in [1.807, 2.05) is 41.8 Å². The molecule has 1 amide bonds. The largest absolute Gasteiger partial charge is 0.497 e. The Morgan fingerprint density at radius 3 is 2.60 bits per heavy atom. The summed E-state index contributed by atoms with van der Waals surface area (Å²) >= 11 is 1.58. The topological polar surface area (TPSA) is 63.7 Å². The van der Waals surface area contributed by atoms with Crippen molar-refractivity contribution in [2.45, 2.75) is 25.4 Å². The zero-order valence-corrected chi connectivity index (χ0v) is 15.7. The maximum absolute atomic E-state index is 12.9. The van der Waals surface area contributed by atoms with Crippen LogP contribution in [0.1, 0.15) is 16.9 Å². The van der Waals surface area contributed by atoms with Crippen LogP contribution in [0.25, 0.3) is 0 Å². The van der Waals surface area contributed by atoms with Gasteiger partial charge in [0, 0.05) is 10.9 Å². The van der Waals surface area contributed by atoms with Crippen LogP contribution >= 0.6 is 11.3 Å². The van der Waals surface area contributed by atoms with E-state index in [0.29, 0.717) is 13.0 Å². The Bertz CT molecular complexity index is 813. The Morgan fingerprint density at radius 2 is 2.04 bits per heavy atom. The molecule has 1 saturated heterocycles. The highest BCUT2D eigenvalue weighted by molar-refractivity contribution is 7.91. The number of carbonyl (C=O) groups excluding carboxylic acids is 1. The Labute approximate surface area is 152 Å². The Morgan fingerprint density at radius 1 is 1.28 bits per heavy atom. The maximum Gasteiger partial charge on any atom is 0.227 e. The molecular formula is C18H21NO4S2. The quantitative estimate of drug-likeness (QED) is 0.774. The van der Waals surface area contributed by atoms with Crippen LogP contribution in [-0.4, -0.2) is 43.9 Å². The van der Waals surface area contributed by atoms with E-state index in [-0.39, 0.29) is 29.9 Å². The minimum Gasteiger partial charge on any atom is -0.497 e. The molecule has 0 spiro atoms. The molecule has 1 aromatic heterocycles. The van der Waals surface area contributed by atoms with Crippen LogP contribution in [0.3, 0.4) is 0 Å². The minimum atomic E-state index is -3.04. The summed E-state index contributed by atoms with van der Waals surface area (Å²) in [6.07, 6.45) is 0.772. The normalized spacial score (nSPS) is 18.8. The van der Waals surface area contributed by atoms with Crippen LogP contribution in [0.2, 0.25) is 0 Å². The van der Waals surface area contributed by atoms with Crippen molar-refractivity contribution in [3.63, 3.8) is 0 Å². The van der Waals surface area contributed by atoms with Crippen molar-refractivity contribution in [3.05, 3.63) is 52.2 Å². The molecule has 3 rings (SSSR count). The third kappa shape index (κ3) is 4.61. The molecule has 1 atom stereocenters.